The number of carbonyl (C=O) groups excluding carboxylic acids is 1. The largest absolute Gasteiger partial charge is 0.461 e. The van der Waals surface area contributed by atoms with E-state index in [2.05, 4.69) is 12.1 Å². The van der Waals surface area contributed by atoms with Crippen LogP contribution in [-0.4, -0.2) is 12.1 Å². The highest BCUT2D eigenvalue weighted by Gasteiger charge is 2.64. The van der Waals surface area contributed by atoms with Gasteiger partial charge in [0.05, 0.1) is 23.1 Å². The highest BCUT2D eigenvalue weighted by Crippen LogP contribution is 2.59. The molecule has 0 aromatic heterocycles. The second-order valence-corrected chi connectivity index (χ2v) is 5.03. The van der Waals surface area contributed by atoms with Crippen molar-refractivity contribution >= 4 is 5.97 Å². The van der Waals surface area contributed by atoms with Gasteiger partial charge in [-0.1, -0.05) is 0 Å². The van der Waals surface area contributed by atoms with Crippen LogP contribution < -0.4 is 0 Å². The highest BCUT2D eigenvalue weighted by molar-refractivity contribution is 5.82. The molecule has 4 aliphatic rings. The predicted molar refractivity (Wildman–Crippen MR) is 52.5 cm³/mol. The Labute approximate surface area is 93.1 Å². The fraction of sp³-hybridized carbons (Fsp3) is 0.583. The van der Waals surface area contributed by atoms with E-state index in [1.165, 1.54) is 0 Å². The Morgan fingerprint density at radius 3 is 2.62 bits per heavy atom. The summed E-state index contributed by atoms with van der Waals surface area (Å²) in [5.74, 6) is -0.356. The molecule has 3 aliphatic carbocycles. The summed E-state index contributed by atoms with van der Waals surface area (Å²) in [6, 6.07) is 4.24. The van der Waals surface area contributed by atoms with Gasteiger partial charge in [-0.15, -0.1) is 0 Å². The number of esters is 1. The van der Waals surface area contributed by atoms with Gasteiger partial charge in [-0.25, -0.2) is 0 Å². The van der Waals surface area contributed by atoms with Gasteiger partial charge in [0.25, 0.3) is 0 Å². The SMILES string of the molecule is C[C@@]12C[C@H]3C[C@@H](OC1=O)[C@@H]2C(C#N)=C3C#N. The van der Waals surface area contributed by atoms with Gasteiger partial charge in [-0.2, -0.15) is 10.5 Å². The second-order valence-electron chi connectivity index (χ2n) is 5.03. The molecule has 4 atom stereocenters. The third-order valence-electron chi connectivity index (χ3n) is 4.22. The first kappa shape index (κ1) is 9.42. The topological polar surface area (TPSA) is 73.9 Å². The monoisotopic (exact) mass is 214 g/mol. The minimum atomic E-state index is -0.570. The average molecular weight is 214 g/mol. The molecule has 1 aliphatic heterocycles. The van der Waals surface area contributed by atoms with Gasteiger partial charge in [0.15, 0.2) is 0 Å². The molecule has 0 N–H and O–H groups in total. The Balaban J connectivity index is 2.23. The lowest BCUT2D eigenvalue weighted by Crippen LogP contribution is -2.45. The normalized spacial score (nSPS) is 43.9. The van der Waals surface area contributed by atoms with Crippen molar-refractivity contribution in [3.63, 3.8) is 0 Å². The number of ether oxygens (including phenoxy) is 1. The molecule has 1 saturated carbocycles. The third-order valence-corrected chi connectivity index (χ3v) is 4.22. The van der Waals surface area contributed by atoms with Crippen molar-refractivity contribution in [2.75, 3.05) is 0 Å². The quantitative estimate of drug-likeness (QED) is 0.569. The van der Waals surface area contributed by atoms with Crippen LogP contribution in [0.1, 0.15) is 19.8 Å². The maximum Gasteiger partial charge on any atom is 0.312 e. The molecule has 4 heteroatoms. The molecule has 1 heterocycles. The van der Waals surface area contributed by atoms with Crippen molar-refractivity contribution in [1.82, 2.24) is 0 Å². The molecule has 80 valence electrons. The Kier molecular flexibility index (Phi) is 1.56. The third kappa shape index (κ3) is 0.818. The lowest BCUT2D eigenvalue weighted by atomic mass is 9.55. The molecule has 0 aromatic rings. The van der Waals surface area contributed by atoms with Crippen LogP contribution in [0.25, 0.3) is 0 Å². The fourth-order valence-corrected chi connectivity index (χ4v) is 3.54. The van der Waals surface area contributed by atoms with Crippen LogP contribution in [0.3, 0.4) is 0 Å². The van der Waals surface area contributed by atoms with Gasteiger partial charge < -0.3 is 4.74 Å². The maximum absolute atomic E-state index is 11.8. The Bertz CT molecular complexity index is 508. The summed E-state index contributed by atoms with van der Waals surface area (Å²) < 4.78 is 5.31. The molecule has 0 aromatic carbocycles. The molecule has 0 spiro atoms. The van der Waals surface area contributed by atoms with Crippen molar-refractivity contribution in [3.8, 4) is 12.1 Å². The zero-order valence-electron chi connectivity index (χ0n) is 8.86. The van der Waals surface area contributed by atoms with E-state index in [0.717, 1.165) is 0 Å². The van der Waals surface area contributed by atoms with Crippen LogP contribution >= 0.6 is 0 Å². The van der Waals surface area contributed by atoms with Gasteiger partial charge in [0.1, 0.15) is 6.10 Å². The summed E-state index contributed by atoms with van der Waals surface area (Å²) in [6.45, 7) is 1.86. The minimum Gasteiger partial charge on any atom is -0.461 e. The molecular formula is C12H10N2O2. The molecule has 4 rings (SSSR count). The number of hydrogen-bond acceptors (Lipinski definition) is 4. The maximum atomic E-state index is 11.8. The molecule has 1 saturated heterocycles. The van der Waals surface area contributed by atoms with E-state index in [4.69, 9.17) is 15.3 Å². The van der Waals surface area contributed by atoms with Gasteiger partial charge in [0, 0.05) is 11.5 Å². The number of nitriles is 2. The molecule has 0 amide bonds. The van der Waals surface area contributed by atoms with E-state index < -0.39 is 5.41 Å². The van der Waals surface area contributed by atoms with Gasteiger partial charge >= 0.3 is 5.97 Å². The van der Waals surface area contributed by atoms with Crippen LogP contribution in [0.2, 0.25) is 0 Å². The zero-order valence-corrected chi connectivity index (χ0v) is 8.86. The first-order chi connectivity index (χ1) is 7.61. The summed E-state index contributed by atoms with van der Waals surface area (Å²) in [5, 5.41) is 18.2. The number of carbonyl (C=O) groups is 1. The summed E-state index contributed by atoms with van der Waals surface area (Å²) in [7, 11) is 0. The van der Waals surface area contributed by atoms with E-state index in [-0.39, 0.29) is 23.9 Å². The van der Waals surface area contributed by atoms with Crippen molar-refractivity contribution < 1.29 is 9.53 Å². The molecule has 0 radical (unpaired) electrons. The first-order valence-corrected chi connectivity index (χ1v) is 5.37. The second kappa shape index (κ2) is 2.65. The van der Waals surface area contributed by atoms with E-state index in [0.29, 0.717) is 24.0 Å². The standard InChI is InChI=1S/C12H10N2O2/c1-12-3-6-2-9(16-11(12)15)10(12)8(5-14)7(6)4-13/h6,9-10H,2-3H2,1H3/t6-,9-,10+,12+/m1/s1. The van der Waals surface area contributed by atoms with Crippen LogP contribution in [-0.2, 0) is 9.53 Å². The van der Waals surface area contributed by atoms with Crippen LogP contribution in [0.5, 0.6) is 0 Å². The van der Waals surface area contributed by atoms with Crippen molar-refractivity contribution in [2.45, 2.75) is 25.9 Å². The summed E-state index contributed by atoms with van der Waals surface area (Å²) in [6.07, 6.45) is 1.18. The number of rotatable bonds is 0. The lowest BCUT2D eigenvalue weighted by Gasteiger charge is -2.42. The Morgan fingerprint density at radius 2 is 2.06 bits per heavy atom. The van der Waals surface area contributed by atoms with Gasteiger partial charge in [-0.3, -0.25) is 4.79 Å². The van der Waals surface area contributed by atoms with Crippen molar-refractivity contribution in [1.29, 1.82) is 10.5 Å². The molecule has 2 fully saturated rings. The molecule has 16 heavy (non-hydrogen) atoms. The molecular weight excluding hydrogens is 204 g/mol. The van der Waals surface area contributed by atoms with Crippen LogP contribution in [0, 0.1) is 39.9 Å². The Morgan fingerprint density at radius 1 is 1.38 bits per heavy atom. The van der Waals surface area contributed by atoms with Crippen molar-refractivity contribution in [2.24, 2.45) is 17.3 Å². The van der Waals surface area contributed by atoms with Crippen molar-refractivity contribution in [3.05, 3.63) is 11.1 Å². The average Bonchev–Trinajstić information content (AvgIpc) is 2.43. The van der Waals surface area contributed by atoms with Gasteiger partial charge in [-0.05, 0) is 25.7 Å². The summed E-state index contributed by atoms with van der Waals surface area (Å²) >= 11 is 0. The van der Waals surface area contributed by atoms with Crippen LogP contribution in [0.4, 0.5) is 0 Å². The first-order valence-electron chi connectivity index (χ1n) is 5.37. The number of nitrogens with zero attached hydrogens (tertiary/aromatic N) is 2. The van der Waals surface area contributed by atoms with E-state index in [1.807, 2.05) is 6.92 Å². The number of hydrogen-bond donors (Lipinski definition) is 0. The summed E-state index contributed by atoms with van der Waals surface area (Å²) in [4.78, 5) is 11.8. The highest BCUT2D eigenvalue weighted by atomic mass is 16.6. The van der Waals surface area contributed by atoms with E-state index in [9.17, 15) is 4.79 Å². The molecule has 0 unspecified atom stereocenters. The summed E-state index contributed by atoms with van der Waals surface area (Å²) in [5.41, 5.74) is 0.502. The van der Waals surface area contributed by atoms with Crippen LogP contribution in [0.15, 0.2) is 11.1 Å². The smallest absolute Gasteiger partial charge is 0.312 e. The fourth-order valence-electron chi connectivity index (χ4n) is 3.54. The van der Waals surface area contributed by atoms with E-state index in [1.54, 1.807) is 0 Å². The molecule has 4 nitrogen and oxygen atoms in total. The lowest BCUT2D eigenvalue weighted by molar-refractivity contribution is -0.147. The molecule has 4 bridgehead atoms. The minimum absolute atomic E-state index is 0.0334. The predicted octanol–water partition coefficient (Wildman–Crippen LogP) is 1.30. The van der Waals surface area contributed by atoms with Gasteiger partial charge in [0.2, 0.25) is 0 Å². The van der Waals surface area contributed by atoms with E-state index >= 15 is 0 Å². The number of allylic oxidation sites excluding steroid dienone is 1. The zero-order chi connectivity index (χ0) is 11.5. The Hall–Kier alpha value is -1.81.